The van der Waals surface area contributed by atoms with Gasteiger partial charge in [0.15, 0.2) is 0 Å². The number of hydrogen-bond acceptors (Lipinski definition) is 6. The molecule has 0 radical (unpaired) electrons. The van der Waals surface area contributed by atoms with Gasteiger partial charge in [0.1, 0.15) is 17.7 Å². The minimum atomic E-state index is -0.436. The molecule has 0 saturated carbocycles. The molecule has 146 valence electrons. The molecule has 0 amide bonds. The van der Waals surface area contributed by atoms with Crippen molar-refractivity contribution in [3.8, 4) is 12.1 Å². The van der Waals surface area contributed by atoms with E-state index in [1.54, 1.807) is 11.8 Å². The highest BCUT2D eigenvalue weighted by molar-refractivity contribution is 7.99. The fourth-order valence-corrected chi connectivity index (χ4v) is 4.97. The molecule has 0 aromatic heterocycles. The highest BCUT2D eigenvalue weighted by Crippen LogP contribution is 2.47. The number of nitriles is 2. The van der Waals surface area contributed by atoms with Crippen LogP contribution in [0.3, 0.4) is 0 Å². The maximum atomic E-state index is 11.5. The van der Waals surface area contributed by atoms with Crippen molar-refractivity contribution < 1.29 is 4.92 Å². The van der Waals surface area contributed by atoms with Gasteiger partial charge in [0.05, 0.1) is 5.92 Å². The van der Waals surface area contributed by atoms with Crippen molar-refractivity contribution in [3.05, 3.63) is 75.3 Å². The first kappa shape index (κ1) is 20.4. The Balaban J connectivity index is 2.14. The van der Waals surface area contributed by atoms with E-state index in [1.807, 2.05) is 79.7 Å². The van der Waals surface area contributed by atoms with Gasteiger partial charge in [-0.1, -0.05) is 30.3 Å². The van der Waals surface area contributed by atoms with E-state index in [1.165, 1.54) is 0 Å². The molecule has 0 spiro atoms. The van der Waals surface area contributed by atoms with Crippen molar-refractivity contribution in [2.75, 3.05) is 31.3 Å². The van der Waals surface area contributed by atoms with Crippen LogP contribution in [0.25, 0.3) is 5.57 Å². The molecule has 0 saturated heterocycles. The van der Waals surface area contributed by atoms with Gasteiger partial charge in [-0.2, -0.15) is 10.5 Å². The Labute approximate surface area is 174 Å². The van der Waals surface area contributed by atoms with Gasteiger partial charge in [-0.3, -0.25) is 10.1 Å². The first-order valence-electron chi connectivity index (χ1n) is 9.12. The zero-order valence-electron chi connectivity index (χ0n) is 16.2. The van der Waals surface area contributed by atoms with Crippen LogP contribution in [0, 0.1) is 38.7 Å². The normalized spacial score (nSPS) is 16.1. The highest BCUT2D eigenvalue weighted by Gasteiger charge is 2.36. The first-order valence-corrected chi connectivity index (χ1v) is 10.1. The Morgan fingerprint density at radius 3 is 2.45 bits per heavy atom. The summed E-state index contributed by atoms with van der Waals surface area (Å²) in [5.41, 5.74) is 3.31. The summed E-state index contributed by atoms with van der Waals surface area (Å²) in [6.45, 7) is -0.262. The van der Waals surface area contributed by atoms with Crippen LogP contribution in [0.15, 0.2) is 59.0 Å². The number of benzene rings is 2. The van der Waals surface area contributed by atoms with Gasteiger partial charge < -0.3 is 4.90 Å². The van der Waals surface area contributed by atoms with Gasteiger partial charge >= 0.3 is 0 Å². The Hall–Kier alpha value is -3.29. The lowest BCUT2D eigenvalue weighted by molar-refractivity contribution is -0.484. The minimum absolute atomic E-state index is 0.0287. The second-order valence-electron chi connectivity index (χ2n) is 7.03. The summed E-state index contributed by atoms with van der Waals surface area (Å²) in [4.78, 5) is 14.1. The third kappa shape index (κ3) is 4.26. The van der Waals surface area contributed by atoms with Gasteiger partial charge in [0.2, 0.25) is 6.54 Å². The zero-order valence-corrected chi connectivity index (χ0v) is 17.0. The summed E-state index contributed by atoms with van der Waals surface area (Å²) in [5.74, 6) is -0.166. The molecule has 0 bridgehead atoms. The van der Waals surface area contributed by atoms with E-state index in [4.69, 9.17) is 0 Å². The predicted molar refractivity (Wildman–Crippen MR) is 114 cm³/mol. The highest BCUT2D eigenvalue weighted by atomic mass is 32.2. The molecule has 6 nitrogen and oxygen atoms in total. The van der Waals surface area contributed by atoms with Crippen LogP contribution in [-0.2, 0) is 0 Å². The Bertz CT molecular complexity index is 1020. The minimum Gasteiger partial charge on any atom is -0.378 e. The molecule has 7 heteroatoms. The van der Waals surface area contributed by atoms with Crippen LogP contribution < -0.4 is 4.90 Å². The molecule has 2 aromatic rings. The van der Waals surface area contributed by atoms with E-state index in [-0.39, 0.29) is 23.0 Å². The number of allylic oxidation sites excluding steroid dienone is 2. The fourth-order valence-electron chi connectivity index (χ4n) is 3.71. The number of rotatable bonds is 5. The lowest BCUT2D eigenvalue weighted by Crippen LogP contribution is -2.27. The number of thioether (sulfide) groups is 1. The number of anilines is 1. The molecular weight excluding hydrogens is 384 g/mol. The monoisotopic (exact) mass is 404 g/mol. The standard InChI is InChI=1S/C22H20N4O2S/c1-25(2)17-9-7-15(8-10-17)19(13-26(27)28)20-14-29-21-6-4-3-5-18(21)22(20)16(11-23)12-24/h3-10,19-20H,13-14H2,1-2H3/t19-,20-/m1/s1. The summed E-state index contributed by atoms with van der Waals surface area (Å²) in [6, 6.07) is 19.3. The second-order valence-corrected chi connectivity index (χ2v) is 8.10. The summed E-state index contributed by atoms with van der Waals surface area (Å²) in [5, 5.41) is 30.7. The number of hydrogen-bond donors (Lipinski definition) is 0. The SMILES string of the molecule is CN(C)c1ccc([C@@H](C[N+](=O)[O-])[C@H]2CSc3ccccc3C2=C(C#N)C#N)cc1. The molecule has 0 N–H and O–H groups in total. The fraction of sp³-hybridized carbons (Fsp3) is 0.273. The average molecular weight is 404 g/mol. The molecule has 0 fully saturated rings. The van der Waals surface area contributed by atoms with Crippen molar-refractivity contribution in [2.24, 2.45) is 5.92 Å². The molecule has 29 heavy (non-hydrogen) atoms. The molecule has 1 aliphatic heterocycles. The summed E-state index contributed by atoms with van der Waals surface area (Å²) in [6.07, 6.45) is 0. The average Bonchev–Trinajstić information content (AvgIpc) is 2.73. The second kappa shape index (κ2) is 8.81. The lowest BCUT2D eigenvalue weighted by Gasteiger charge is -2.32. The Morgan fingerprint density at radius 1 is 1.21 bits per heavy atom. The van der Waals surface area contributed by atoms with Crippen LogP contribution >= 0.6 is 11.8 Å². The van der Waals surface area contributed by atoms with Crippen molar-refractivity contribution in [1.82, 2.24) is 0 Å². The first-order chi connectivity index (χ1) is 14.0. The van der Waals surface area contributed by atoms with Gasteiger partial charge in [-0.05, 0) is 34.9 Å². The van der Waals surface area contributed by atoms with Crippen LogP contribution in [-0.4, -0.2) is 31.3 Å². The maximum absolute atomic E-state index is 11.5. The lowest BCUT2D eigenvalue weighted by atomic mass is 9.77. The number of nitrogens with zero attached hydrogens (tertiary/aromatic N) is 4. The van der Waals surface area contributed by atoms with E-state index < -0.39 is 5.92 Å². The van der Waals surface area contributed by atoms with Gasteiger partial charge in [0.25, 0.3) is 0 Å². The molecule has 3 rings (SSSR count). The molecule has 0 aliphatic carbocycles. The summed E-state index contributed by atoms with van der Waals surface area (Å²) in [7, 11) is 3.87. The third-order valence-electron chi connectivity index (χ3n) is 5.13. The summed E-state index contributed by atoms with van der Waals surface area (Å²) >= 11 is 1.61. The predicted octanol–water partition coefficient (Wildman–Crippen LogP) is 4.34. The Kier molecular flexibility index (Phi) is 6.21. The topological polar surface area (TPSA) is 94.0 Å². The smallest absolute Gasteiger partial charge is 0.211 e. The molecule has 1 heterocycles. The van der Waals surface area contributed by atoms with Crippen molar-refractivity contribution >= 4 is 23.0 Å². The van der Waals surface area contributed by atoms with Gasteiger partial charge in [-0.15, -0.1) is 11.8 Å². The number of nitro groups is 1. The van der Waals surface area contributed by atoms with Crippen LogP contribution in [0.5, 0.6) is 0 Å². The third-order valence-corrected chi connectivity index (χ3v) is 6.32. The molecule has 2 aromatic carbocycles. The van der Waals surface area contributed by atoms with Crippen LogP contribution in [0.4, 0.5) is 5.69 Å². The van der Waals surface area contributed by atoms with E-state index in [0.717, 1.165) is 21.7 Å². The van der Waals surface area contributed by atoms with Crippen LogP contribution in [0.1, 0.15) is 17.0 Å². The molecule has 2 atom stereocenters. The van der Waals surface area contributed by atoms with Crippen LogP contribution in [0.2, 0.25) is 0 Å². The zero-order chi connectivity index (χ0) is 21.0. The van der Waals surface area contributed by atoms with Crippen molar-refractivity contribution in [2.45, 2.75) is 10.8 Å². The molecule has 1 aliphatic rings. The van der Waals surface area contributed by atoms with Crippen molar-refractivity contribution in [3.63, 3.8) is 0 Å². The van der Waals surface area contributed by atoms with Gasteiger partial charge in [0, 0.05) is 41.3 Å². The quantitative estimate of drug-likeness (QED) is 0.418. The van der Waals surface area contributed by atoms with E-state index in [2.05, 4.69) is 0 Å². The number of fused-ring (bicyclic) bond motifs is 1. The van der Waals surface area contributed by atoms with E-state index in [0.29, 0.717) is 11.3 Å². The molecular formula is C22H20N4O2S. The van der Waals surface area contributed by atoms with Gasteiger partial charge in [-0.25, -0.2) is 0 Å². The maximum Gasteiger partial charge on any atom is 0.211 e. The van der Waals surface area contributed by atoms with E-state index >= 15 is 0 Å². The van der Waals surface area contributed by atoms with E-state index in [9.17, 15) is 20.6 Å². The summed E-state index contributed by atoms with van der Waals surface area (Å²) < 4.78 is 0. The van der Waals surface area contributed by atoms with Crippen molar-refractivity contribution in [1.29, 1.82) is 10.5 Å². The molecule has 0 unspecified atom stereocenters. The Morgan fingerprint density at radius 2 is 1.86 bits per heavy atom. The largest absolute Gasteiger partial charge is 0.378 e.